The molecule has 0 radical (unpaired) electrons. The van der Waals surface area contributed by atoms with Crippen molar-refractivity contribution in [1.82, 2.24) is 20.4 Å². The minimum Gasteiger partial charge on any atom is -0.507 e. The summed E-state index contributed by atoms with van der Waals surface area (Å²) in [4.78, 5) is 79.3. The van der Waals surface area contributed by atoms with Crippen molar-refractivity contribution >= 4 is 35.1 Å². The molecule has 0 aromatic heterocycles. The van der Waals surface area contributed by atoms with E-state index in [2.05, 4.69) is 29.4 Å². The number of ether oxygens (including phenoxy) is 5. The number of ketones is 2. The van der Waals surface area contributed by atoms with Gasteiger partial charge in [0.25, 0.3) is 11.7 Å². The lowest BCUT2D eigenvalue weighted by molar-refractivity contribution is -0.167. The van der Waals surface area contributed by atoms with Gasteiger partial charge in [0.05, 0.1) is 53.7 Å². The number of allylic oxidation sites excluding steroid dienone is 4. The number of phenolic OH excluding ortho intramolecular Hbond substituents is 1. The molecule has 0 unspecified atom stereocenters. The van der Waals surface area contributed by atoms with Gasteiger partial charge in [-0.1, -0.05) is 59.8 Å². The molecule has 0 saturated carbocycles. The molecular formula is C52H73N5O13. The summed E-state index contributed by atoms with van der Waals surface area (Å²) in [6.07, 6.45) is 4.14. The Balaban J connectivity index is 1.41. The number of rotatable bonds is 10. The maximum atomic E-state index is 14.9. The fourth-order valence-electron chi connectivity index (χ4n) is 10.0. The Morgan fingerprint density at radius 3 is 2.29 bits per heavy atom. The number of phenols is 1. The Morgan fingerprint density at radius 2 is 1.64 bits per heavy atom. The van der Waals surface area contributed by atoms with Crippen molar-refractivity contribution in [1.29, 1.82) is 0 Å². The number of nitrogens with one attached hydrogen (secondary N) is 2. The number of aliphatic hydroxyl groups is 2. The summed E-state index contributed by atoms with van der Waals surface area (Å²) < 4.78 is 29.6. The quantitative estimate of drug-likeness (QED) is 0.124. The number of nitrogens with zero attached hydrogens (tertiary/aromatic N) is 3. The SMILES string of the molecule is CO[C@H]1/C=C/O[C@@]2(C)Oc3c(C)c(O)c4c(c3C2=O)C2=NC3(CCN(CC(C)C)CC3)NC2=C(NC(=O)/C(C)=C\C=C\[C@H](C)[C@H](O)[C@@H](C)[C@@H](O)[C@@H](C)[C@H](OC(=O)CC(=O)OCCCN(C)C)[C@@H]1C)C4=O. The van der Waals surface area contributed by atoms with Crippen LogP contribution < -0.4 is 15.4 Å². The highest BCUT2D eigenvalue weighted by Gasteiger charge is 2.54. The van der Waals surface area contributed by atoms with Crippen LogP contribution in [0.1, 0.15) is 113 Å². The number of benzene rings is 1. The smallest absolute Gasteiger partial charge is 0.317 e. The van der Waals surface area contributed by atoms with Crippen LogP contribution in [0.4, 0.5) is 0 Å². The van der Waals surface area contributed by atoms with E-state index in [-0.39, 0.29) is 57.3 Å². The van der Waals surface area contributed by atoms with E-state index in [0.717, 1.165) is 6.54 Å². The van der Waals surface area contributed by atoms with E-state index in [1.807, 2.05) is 19.0 Å². The van der Waals surface area contributed by atoms with Crippen LogP contribution in [0.2, 0.25) is 0 Å². The summed E-state index contributed by atoms with van der Waals surface area (Å²) in [5, 5.41) is 41.6. The van der Waals surface area contributed by atoms with Crippen LogP contribution in [-0.2, 0) is 33.3 Å². The molecule has 1 fully saturated rings. The second-order valence-electron chi connectivity index (χ2n) is 20.5. The fourth-order valence-corrected chi connectivity index (χ4v) is 10.0. The highest BCUT2D eigenvalue weighted by Crippen LogP contribution is 2.50. The number of esters is 2. The van der Waals surface area contributed by atoms with Crippen molar-refractivity contribution in [3.8, 4) is 11.5 Å². The molecule has 1 saturated heterocycles. The number of piperidine rings is 1. The zero-order valence-corrected chi connectivity index (χ0v) is 42.7. The minimum absolute atomic E-state index is 0.00325. The van der Waals surface area contributed by atoms with E-state index >= 15 is 0 Å². The average Bonchev–Trinajstić information content (AvgIpc) is 3.81. The molecule has 1 aromatic rings. The number of aliphatic imine (C=N–C) groups is 1. The highest BCUT2D eigenvalue weighted by molar-refractivity contribution is 6.34. The van der Waals surface area contributed by atoms with Crippen molar-refractivity contribution < 1.29 is 63.0 Å². The zero-order valence-electron chi connectivity index (χ0n) is 42.7. The third kappa shape index (κ3) is 11.2. The molecule has 18 heteroatoms. The van der Waals surface area contributed by atoms with E-state index in [4.69, 9.17) is 28.7 Å². The van der Waals surface area contributed by atoms with Gasteiger partial charge >= 0.3 is 17.7 Å². The van der Waals surface area contributed by atoms with Crippen LogP contribution in [0, 0.1) is 36.5 Å². The molecule has 18 nitrogen and oxygen atoms in total. The number of Topliss-reactive ketones (excluding diaryl/α,β-unsaturated/α-hetero) is 2. The molecule has 1 aromatic carbocycles. The van der Waals surface area contributed by atoms with E-state index in [0.29, 0.717) is 44.8 Å². The van der Waals surface area contributed by atoms with Gasteiger partial charge < -0.3 is 59.4 Å². The molecule has 1 aliphatic carbocycles. The number of hydrogen-bond donors (Lipinski definition) is 5. The lowest BCUT2D eigenvalue weighted by atomic mass is 9.78. The lowest BCUT2D eigenvalue weighted by Crippen LogP contribution is -2.50. The van der Waals surface area contributed by atoms with Gasteiger partial charge in [0, 0.05) is 93.4 Å². The van der Waals surface area contributed by atoms with Crippen molar-refractivity contribution in [2.24, 2.45) is 34.6 Å². The Kier molecular flexibility index (Phi) is 16.9. The zero-order chi connectivity index (χ0) is 51.6. The molecule has 6 rings (SSSR count). The van der Waals surface area contributed by atoms with Gasteiger partial charge in [0.2, 0.25) is 5.78 Å². The largest absolute Gasteiger partial charge is 0.507 e. The van der Waals surface area contributed by atoms with Crippen LogP contribution in [0.3, 0.4) is 0 Å². The first-order chi connectivity index (χ1) is 32.9. The maximum absolute atomic E-state index is 14.9. The number of likely N-dealkylation sites (tertiary alicyclic amines) is 1. The Labute approximate surface area is 411 Å². The van der Waals surface area contributed by atoms with E-state index in [9.17, 15) is 39.3 Å². The number of fused-ring (bicyclic) bond motifs is 3. The molecular weight excluding hydrogens is 903 g/mol. The molecule has 4 aliphatic heterocycles. The molecule has 1 spiro atoms. The third-order valence-corrected chi connectivity index (χ3v) is 14.2. The third-order valence-electron chi connectivity index (χ3n) is 14.2. The second-order valence-corrected chi connectivity index (χ2v) is 20.5. The molecule has 1 amide bonds. The highest BCUT2D eigenvalue weighted by atomic mass is 16.7. The molecule has 5 aliphatic rings. The Morgan fingerprint density at radius 1 is 0.957 bits per heavy atom. The molecule has 5 N–H and O–H groups in total. The van der Waals surface area contributed by atoms with Crippen molar-refractivity contribution in [2.45, 2.75) is 124 Å². The number of aliphatic hydroxyl groups excluding tert-OH is 2. The summed E-state index contributed by atoms with van der Waals surface area (Å²) in [7, 11) is 5.20. The van der Waals surface area contributed by atoms with Gasteiger partial charge in [-0.05, 0) is 46.4 Å². The molecule has 9 atom stereocenters. The number of carbonyl (C=O) groups excluding carboxylic acids is 5. The number of aromatic hydroxyl groups is 1. The summed E-state index contributed by atoms with van der Waals surface area (Å²) >= 11 is 0. The van der Waals surface area contributed by atoms with Crippen LogP contribution in [0.15, 0.2) is 52.5 Å². The van der Waals surface area contributed by atoms with Gasteiger partial charge in [-0.2, -0.15) is 0 Å². The van der Waals surface area contributed by atoms with Crippen LogP contribution in [0.25, 0.3) is 0 Å². The van der Waals surface area contributed by atoms with Gasteiger partial charge in [0.1, 0.15) is 35.4 Å². The monoisotopic (exact) mass is 976 g/mol. The van der Waals surface area contributed by atoms with E-state index < -0.39 is 101 Å². The van der Waals surface area contributed by atoms with Gasteiger partial charge in [-0.3, -0.25) is 29.0 Å². The van der Waals surface area contributed by atoms with Crippen molar-refractivity contribution in [3.05, 3.63) is 69.8 Å². The number of hydrogen-bond acceptors (Lipinski definition) is 17. The number of carbonyl (C=O) groups is 5. The fraction of sp³-hybridized carbons (Fsp3) is 0.615. The number of methoxy groups -OCH3 is 1. The summed E-state index contributed by atoms with van der Waals surface area (Å²) in [5.74, 6) is -8.63. The van der Waals surface area contributed by atoms with Gasteiger partial charge in [-0.15, -0.1) is 0 Å². The molecule has 384 valence electrons. The summed E-state index contributed by atoms with van der Waals surface area (Å²) in [6, 6.07) is 0. The maximum Gasteiger partial charge on any atom is 0.317 e. The van der Waals surface area contributed by atoms with Crippen molar-refractivity contribution in [3.63, 3.8) is 0 Å². The van der Waals surface area contributed by atoms with Crippen LogP contribution >= 0.6 is 0 Å². The summed E-state index contributed by atoms with van der Waals surface area (Å²) in [5.41, 5.74) is -0.442. The first kappa shape index (κ1) is 53.9. The second kappa shape index (κ2) is 21.9. The van der Waals surface area contributed by atoms with Crippen molar-refractivity contribution in [2.75, 3.05) is 54.0 Å². The predicted molar refractivity (Wildman–Crippen MR) is 260 cm³/mol. The van der Waals surface area contributed by atoms with E-state index in [1.165, 1.54) is 39.4 Å². The predicted octanol–water partition coefficient (Wildman–Crippen LogP) is 4.48. The standard InChI is InChI=1S/C52H73N5O13/c1-27(2)26-57-21-18-52(19-22-57)54-40-37-38-45(62)33(8)48-39(37)49(64)51(9,70-48)68-24-17-34(66-12)30(5)47(69-36(59)25-35(58)67-23-14-20-56(10)11)32(7)44(61)31(6)43(60)28(3)15-13-16-29(4)50(65)53-42(46(38)63)41(40)55-52/h13,15-17,24,27-28,30-32,34,43-44,47,55,60-62H,14,18-23,25-26H2,1-12H3,(H,53,65)/b15-13+,24-17+,29-16-/t28-,30+,31+,32+,34-,43-,44+,47+,51-/m0/s1. The van der Waals surface area contributed by atoms with Crippen LogP contribution in [-0.4, -0.2) is 150 Å². The molecule has 70 heavy (non-hydrogen) atoms. The van der Waals surface area contributed by atoms with Gasteiger partial charge in [0.15, 0.2) is 0 Å². The average molecular weight is 976 g/mol. The first-order valence-corrected chi connectivity index (χ1v) is 24.4. The topological polar surface area (TPSA) is 235 Å². The molecule has 5 bridgehead atoms. The minimum atomic E-state index is -2.03. The number of amides is 1. The normalized spacial score (nSPS) is 31.0. The molecule has 4 heterocycles. The van der Waals surface area contributed by atoms with Crippen LogP contribution in [0.5, 0.6) is 11.5 Å². The Hall–Kier alpha value is -5.40. The summed E-state index contributed by atoms with van der Waals surface area (Å²) in [6.45, 7) is 18.7. The van der Waals surface area contributed by atoms with Gasteiger partial charge in [-0.25, -0.2) is 0 Å². The Bertz CT molecular complexity index is 2360. The lowest BCUT2D eigenvalue weighted by Gasteiger charge is -2.38. The first-order valence-electron chi connectivity index (χ1n) is 24.4. The van der Waals surface area contributed by atoms with E-state index in [1.54, 1.807) is 46.8 Å².